The number of epoxide rings is 2. The summed E-state index contributed by atoms with van der Waals surface area (Å²) in [4.78, 5) is 21.1. The number of hydrogen-bond donors (Lipinski definition) is 2. The number of fused-ring (bicyclic) bond motifs is 2. The van der Waals surface area contributed by atoms with Crippen molar-refractivity contribution in [1.82, 2.24) is 0 Å². The molecule has 14 nitrogen and oxygen atoms in total. The Morgan fingerprint density at radius 1 is 0.647 bits per heavy atom. The minimum Gasteiger partial charge on any atom is -0.507 e. The lowest BCUT2D eigenvalue weighted by Crippen LogP contribution is -2.32. The molecule has 22 heteroatoms. The van der Waals surface area contributed by atoms with Gasteiger partial charge in [0.2, 0.25) is 0 Å². The van der Waals surface area contributed by atoms with Crippen LogP contribution in [0.25, 0.3) is 0 Å². The van der Waals surface area contributed by atoms with Gasteiger partial charge in [0.1, 0.15) is 49.6 Å². The maximum atomic E-state index is 11.6. The molecule has 4 aliphatic rings. The number of halogens is 7. The molecule has 0 unspecified atom stereocenters. The van der Waals surface area contributed by atoms with Gasteiger partial charge in [0.25, 0.3) is 10.1 Å². The summed E-state index contributed by atoms with van der Waals surface area (Å²) in [6.07, 6.45) is 1.42. The van der Waals surface area contributed by atoms with Gasteiger partial charge in [0.05, 0.1) is 47.8 Å². The van der Waals surface area contributed by atoms with Crippen LogP contribution < -0.4 is 23.7 Å². The molecule has 2 fully saturated rings. The summed E-state index contributed by atoms with van der Waals surface area (Å²) < 4.78 is 68.9. The highest BCUT2D eigenvalue weighted by Gasteiger charge is 2.27. The summed E-state index contributed by atoms with van der Waals surface area (Å²) in [5.74, 6) is 3.66. The summed E-state index contributed by atoms with van der Waals surface area (Å²) in [5.41, 5.74) is 1.87. The average Bonchev–Trinajstić information content (AvgIpc) is 4.29. The number of hydrogen-bond acceptors (Lipinski definition) is 14. The monoisotopic (exact) mass is 1320 g/mol. The number of aromatic hydroxyl groups is 1. The SMILES string of the molecule is BrC[C@H]1COc2ccc(Br)cc2O1.Cc1ccc(S(=O)(=O)OC[C@H]2CO2)cc1.ClCCl.O=Cc1cc(Br)ccc1O.O=Cc1cc(Br)ccc1OC[C@H]1CO1.OC[C@H]1COc2ccc(Br)cc2O1. The van der Waals surface area contributed by atoms with Crippen molar-refractivity contribution in [2.75, 3.05) is 56.9 Å². The van der Waals surface area contributed by atoms with Crippen molar-refractivity contribution in [1.29, 1.82) is 0 Å². The van der Waals surface area contributed by atoms with Crippen LogP contribution in [0.15, 0.2) is 120 Å². The Balaban J connectivity index is 0.000000183. The lowest BCUT2D eigenvalue weighted by atomic mass is 10.2. The topological polar surface area (TPSA) is 189 Å². The zero-order valence-corrected chi connectivity index (χ0v) is 46.2. The van der Waals surface area contributed by atoms with Crippen LogP contribution in [-0.2, 0) is 23.8 Å². The van der Waals surface area contributed by atoms with Gasteiger partial charge in [-0.1, -0.05) is 97.3 Å². The first-order valence-corrected chi connectivity index (χ1v) is 26.9. The fraction of sp³-hybridized carbons (Fsp3) is 0.304. The molecule has 0 amide bonds. The molecule has 2 saturated heterocycles. The number of ether oxygens (including phenoxy) is 7. The summed E-state index contributed by atoms with van der Waals surface area (Å²) >= 11 is 26.1. The second-order valence-corrected chi connectivity index (χ2v) is 20.8. The lowest BCUT2D eigenvalue weighted by molar-refractivity contribution is 0.0456. The van der Waals surface area contributed by atoms with Gasteiger partial charge in [-0.25, -0.2) is 0 Å². The van der Waals surface area contributed by atoms with Crippen LogP contribution in [0, 0.1) is 6.92 Å². The van der Waals surface area contributed by atoms with Gasteiger partial charge in [-0.2, -0.15) is 8.42 Å². The number of carbonyl (C=O) groups excluding carboxylic acids is 2. The van der Waals surface area contributed by atoms with Crippen molar-refractivity contribution in [2.24, 2.45) is 0 Å². The van der Waals surface area contributed by atoms with E-state index in [0.29, 0.717) is 55.3 Å². The molecular weight excluding hydrogens is 1280 g/mol. The molecule has 68 heavy (non-hydrogen) atoms. The van der Waals surface area contributed by atoms with Crippen LogP contribution in [0.1, 0.15) is 26.3 Å². The highest BCUT2D eigenvalue weighted by Crippen LogP contribution is 2.35. The van der Waals surface area contributed by atoms with Gasteiger partial charge >= 0.3 is 0 Å². The van der Waals surface area contributed by atoms with Gasteiger partial charge in [-0.15, -0.1) is 23.2 Å². The minimum atomic E-state index is -3.61. The summed E-state index contributed by atoms with van der Waals surface area (Å²) in [6, 6.07) is 27.9. The number of rotatable bonds is 11. The standard InChI is InChI=1S/C10H9BrO3.C10H12O4S.C9H8Br2O2.C9H9BrO3.C7H5BrO2.CH2Cl2/c11-8-1-2-10(7(3-8)4-12)14-6-9-5-13-9;1-8-2-4-10(5-3-8)15(11,12)14-7-9-6-13-9;10-4-7-5-12-8-2-1-6(11)3-9(8)13-7;10-6-1-2-8-9(3-6)13-7(4-11)5-12-8;8-6-1-2-7(10)5(3-6)4-9;2-1-3/h1-4,9H,5-6H2;2-5,9H,6-7H2,1H3;1-3,7H,4-5H2;1-3,7,11H,4-5H2;1-4,10H;1H2/t2*9-;2*7-;;/m1100../s1. The number of aliphatic hydroxyl groups is 1. The average molecular weight is 1320 g/mol. The van der Waals surface area contributed by atoms with Gasteiger partial charge in [-0.05, 0) is 91.9 Å². The first-order chi connectivity index (χ1) is 32.6. The first-order valence-electron chi connectivity index (χ1n) is 20.1. The zero-order valence-electron chi connectivity index (χ0n) is 35.9. The van der Waals surface area contributed by atoms with E-state index in [1.807, 2.05) is 49.4 Å². The maximum Gasteiger partial charge on any atom is 0.297 e. The van der Waals surface area contributed by atoms with Crippen LogP contribution in [0.5, 0.6) is 34.5 Å². The molecule has 9 rings (SSSR count). The Morgan fingerprint density at radius 3 is 1.62 bits per heavy atom. The third kappa shape index (κ3) is 20.8. The number of benzene rings is 5. The Kier molecular flexibility index (Phi) is 25.4. The Labute approximate surface area is 446 Å². The molecule has 2 N–H and O–H groups in total. The molecule has 0 aromatic heterocycles. The van der Waals surface area contributed by atoms with Crippen molar-refractivity contribution in [3.63, 3.8) is 0 Å². The van der Waals surface area contributed by atoms with E-state index in [1.165, 1.54) is 6.07 Å². The van der Waals surface area contributed by atoms with Crippen LogP contribution in [0.4, 0.5) is 0 Å². The maximum absolute atomic E-state index is 11.6. The zero-order chi connectivity index (χ0) is 49.6. The predicted octanol–water partition coefficient (Wildman–Crippen LogP) is 11.1. The molecule has 0 radical (unpaired) electrons. The Hall–Kier alpha value is -2.99. The van der Waals surface area contributed by atoms with E-state index in [2.05, 4.69) is 79.6 Å². The third-order valence-corrected chi connectivity index (χ3v) is 12.8. The van der Waals surface area contributed by atoms with E-state index in [9.17, 15) is 18.0 Å². The van der Waals surface area contributed by atoms with E-state index < -0.39 is 10.1 Å². The predicted molar refractivity (Wildman–Crippen MR) is 276 cm³/mol. The molecular formula is C46H45Br5Cl2O14S. The van der Waals surface area contributed by atoms with Crippen LogP contribution >= 0.6 is 103 Å². The molecule has 4 atom stereocenters. The third-order valence-electron chi connectivity index (χ3n) is 8.79. The van der Waals surface area contributed by atoms with E-state index >= 15 is 0 Å². The molecule has 5 aromatic rings. The van der Waals surface area contributed by atoms with E-state index in [-0.39, 0.29) is 53.6 Å². The molecule has 4 aliphatic heterocycles. The highest BCUT2D eigenvalue weighted by molar-refractivity contribution is 9.11. The second kappa shape index (κ2) is 30.0. The highest BCUT2D eigenvalue weighted by atomic mass is 79.9. The van der Waals surface area contributed by atoms with Crippen molar-refractivity contribution in [2.45, 2.75) is 36.2 Å². The number of phenolic OH excluding ortho intramolecular Hbond substituents is 1. The fourth-order valence-corrected chi connectivity index (χ4v) is 7.85. The number of aldehydes is 2. The van der Waals surface area contributed by atoms with Gasteiger partial charge in [0, 0.05) is 23.2 Å². The van der Waals surface area contributed by atoms with E-state index in [0.717, 1.165) is 58.9 Å². The summed E-state index contributed by atoms with van der Waals surface area (Å²) in [6.45, 7) is 4.86. The van der Waals surface area contributed by atoms with Gasteiger partial charge in [-0.3, -0.25) is 13.8 Å². The first kappa shape index (κ1) is 57.6. The van der Waals surface area contributed by atoms with Gasteiger partial charge < -0.3 is 43.4 Å². The van der Waals surface area contributed by atoms with Crippen molar-refractivity contribution < 1.29 is 65.6 Å². The number of aryl methyl sites for hydroxylation is 1. The Bertz CT molecular complexity index is 2420. The summed E-state index contributed by atoms with van der Waals surface area (Å²) in [7, 11) is -3.61. The number of alkyl halides is 3. The molecule has 5 aromatic carbocycles. The second-order valence-electron chi connectivity index (χ2n) is 14.1. The van der Waals surface area contributed by atoms with Crippen LogP contribution in [0.2, 0.25) is 0 Å². The fourth-order valence-electron chi connectivity index (χ4n) is 5.16. The number of phenols is 1. The Morgan fingerprint density at radius 2 is 1.12 bits per heavy atom. The van der Waals surface area contributed by atoms with Crippen LogP contribution in [0.3, 0.4) is 0 Å². The van der Waals surface area contributed by atoms with E-state index in [1.54, 1.807) is 48.5 Å². The number of carbonyl (C=O) groups is 2. The quantitative estimate of drug-likeness (QED) is 0.0550. The summed E-state index contributed by atoms with van der Waals surface area (Å²) in [5, 5.41) is 18.8. The number of aliphatic hydroxyl groups excluding tert-OH is 1. The largest absolute Gasteiger partial charge is 0.507 e. The van der Waals surface area contributed by atoms with Gasteiger partial charge in [0.15, 0.2) is 41.7 Å². The van der Waals surface area contributed by atoms with E-state index in [4.69, 9.17) is 70.8 Å². The molecule has 0 saturated carbocycles. The smallest absolute Gasteiger partial charge is 0.297 e. The molecule has 0 spiro atoms. The van der Waals surface area contributed by atoms with Crippen LogP contribution in [-0.4, -0.2) is 113 Å². The van der Waals surface area contributed by atoms with Crippen molar-refractivity contribution >= 4 is 126 Å². The molecule has 4 heterocycles. The molecule has 0 bridgehead atoms. The normalized spacial score (nSPS) is 17.7. The van der Waals surface area contributed by atoms with Crippen molar-refractivity contribution in [3.8, 4) is 34.5 Å². The lowest BCUT2D eigenvalue weighted by Gasteiger charge is -2.25. The minimum absolute atomic E-state index is 0.0122. The van der Waals surface area contributed by atoms with Crippen molar-refractivity contribution in [3.05, 3.63) is 132 Å². The molecule has 0 aliphatic carbocycles. The molecule has 368 valence electrons.